The molecule has 1 aliphatic rings. The van der Waals surface area contributed by atoms with Crippen LogP contribution in [0.2, 0.25) is 0 Å². The summed E-state index contributed by atoms with van der Waals surface area (Å²) in [6.45, 7) is 5.31. The first-order valence-corrected chi connectivity index (χ1v) is 10.4. The smallest absolute Gasteiger partial charge is 0.407 e. The number of carbonyl (C=O) groups excluding carboxylic acids is 4. The Morgan fingerprint density at radius 3 is 2.06 bits per heavy atom. The van der Waals surface area contributed by atoms with Crippen molar-refractivity contribution in [1.29, 1.82) is 0 Å². The highest BCUT2D eigenvalue weighted by Crippen LogP contribution is 2.29. The molecule has 0 aromatic heterocycles. The predicted molar refractivity (Wildman–Crippen MR) is 112 cm³/mol. The van der Waals surface area contributed by atoms with Crippen molar-refractivity contribution in [1.82, 2.24) is 5.32 Å². The summed E-state index contributed by atoms with van der Waals surface area (Å²) in [5.41, 5.74) is 0.844. The molecule has 1 fully saturated rings. The molecule has 11 heteroatoms. The van der Waals surface area contributed by atoms with Gasteiger partial charge in [0.15, 0.2) is 24.6 Å². The fourth-order valence-corrected chi connectivity index (χ4v) is 3.21. The van der Waals surface area contributed by atoms with E-state index >= 15 is 0 Å². The zero-order valence-corrected chi connectivity index (χ0v) is 19.0. The second-order valence-electron chi connectivity index (χ2n) is 7.29. The first-order valence-electron chi connectivity index (χ1n) is 10.4. The Hall–Kier alpha value is -3.18. The zero-order chi connectivity index (χ0) is 24.4. The first kappa shape index (κ1) is 26.1. The maximum atomic E-state index is 11.9. The van der Waals surface area contributed by atoms with E-state index in [0.717, 1.165) is 5.56 Å². The molecule has 1 amide bonds. The number of rotatable bonds is 9. The van der Waals surface area contributed by atoms with Crippen molar-refractivity contribution in [2.45, 2.75) is 65.0 Å². The van der Waals surface area contributed by atoms with Gasteiger partial charge in [0, 0.05) is 27.3 Å². The molecule has 11 nitrogen and oxygen atoms in total. The highest BCUT2D eigenvalue weighted by atomic mass is 16.7. The molecule has 1 heterocycles. The van der Waals surface area contributed by atoms with Crippen molar-refractivity contribution in [2.24, 2.45) is 0 Å². The fraction of sp³-hybridized carbons (Fsp3) is 0.545. The van der Waals surface area contributed by atoms with Gasteiger partial charge in [-0.15, -0.1) is 0 Å². The van der Waals surface area contributed by atoms with Crippen LogP contribution in [0.1, 0.15) is 33.3 Å². The van der Waals surface area contributed by atoms with E-state index < -0.39 is 54.7 Å². The number of amides is 1. The molecular formula is C22H29NO10. The molecule has 1 saturated heterocycles. The van der Waals surface area contributed by atoms with Gasteiger partial charge in [-0.3, -0.25) is 14.4 Å². The Balaban J connectivity index is 1.94. The average molecular weight is 467 g/mol. The molecule has 182 valence electrons. The van der Waals surface area contributed by atoms with E-state index in [9.17, 15) is 19.2 Å². The van der Waals surface area contributed by atoms with Crippen molar-refractivity contribution in [2.75, 3.05) is 13.2 Å². The van der Waals surface area contributed by atoms with Gasteiger partial charge in [0.2, 0.25) is 0 Å². The number of ether oxygens (including phenoxy) is 6. The summed E-state index contributed by atoms with van der Waals surface area (Å²) in [7, 11) is 0. The molecular weight excluding hydrogens is 438 g/mol. The van der Waals surface area contributed by atoms with Crippen LogP contribution in [0.3, 0.4) is 0 Å². The largest absolute Gasteiger partial charge is 0.456 e. The molecule has 0 radical (unpaired) electrons. The third-order valence-electron chi connectivity index (χ3n) is 4.50. The topological polar surface area (TPSA) is 136 Å². The number of nitrogens with one attached hydrogen (secondary N) is 1. The second kappa shape index (κ2) is 12.8. The highest BCUT2D eigenvalue weighted by Gasteiger charge is 2.50. The lowest BCUT2D eigenvalue weighted by Crippen LogP contribution is -2.61. The van der Waals surface area contributed by atoms with Crippen molar-refractivity contribution < 1.29 is 47.6 Å². The lowest BCUT2D eigenvalue weighted by molar-refractivity contribution is -0.300. The molecule has 5 atom stereocenters. The summed E-state index contributed by atoms with van der Waals surface area (Å²) in [6.07, 6.45) is -5.86. The van der Waals surface area contributed by atoms with Gasteiger partial charge in [0.25, 0.3) is 0 Å². The summed E-state index contributed by atoms with van der Waals surface area (Å²) >= 11 is 0. The van der Waals surface area contributed by atoms with Gasteiger partial charge in [-0.25, -0.2) is 4.79 Å². The van der Waals surface area contributed by atoms with Crippen LogP contribution in [0.5, 0.6) is 0 Å². The van der Waals surface area contributed by atoms with E-state index in [1.807, 2.05) is 30.3 Å². The van der Waals surface area contributed by atoms with E-state index in [0.29, 0.717) is 0 Å². The third kappa shape index (κ3) is 8.70. The molecule has 33 heavy (non-hydrogen) atoms. The lowest BCUT2D eigenvalue weighted by atomic mass is 9.99. The Morgan fingerprint density at radius 1 is 0.879 bits per heavy atom. The summed E-state index contributed by atoms with van der Waals surface area (Å²) in [4.78, 5) is 46.7. The predicted octanol–water partition coefficient (Wildman–Crippen LogP) is 1.47. The van der Waals surface area contributed by atoms with Gasteiger partial charge in [0.1, 0.15) is 6.61 Å². The molecule has 1 aliphatic heterocycles. The monoisotopic (exact) mass is 467 g/mol. The summed E-state index contributed by atoms with van der Waals surface area (Å²) in [6, 6.07) is 9.19. The summed E-state index contributed by atoms with van der Waals surface area (Å²) < 4.78 is 32.3. The van der Waals surface area contributed by atoms with E-state index in [2.05, 4.69) is 5.32 Å². The summed E-state index contributed by atoms with van der Waals surface area (Å²) in [5.74, 6) is -1.95. The van der Waals surface area contributed by atoms with E-state index in [1.54, 1.807) is 6.92 Å². The molecule has 0 saturated carbocycles. The minimum Gasteiger partial charge on any atom is -0.456 e. The van der Waals surface area contributed by atoms with Gasteiger partial charge in [-0.1, -0.05) is 30.3 Å². The van der Waals surface area contributed by atoms with Crippen LogP contribution in [0.4, 0.5) is 4.79 Å². The quantitative estimate of drug-likeness (QED) is 0.323. The van der Waals surface area contributed by atoms with Gasteiger partial charge in [-0.2, -0.15) is 0 Å². The Kier molecular flexibility index (Phi) is 10.1. The SMILES string of the molecule is CC(=O)O[C@@H]1[C@@H](OC(C)=O)[C@H](C)O[C@@H](OCCNC(=O)OCc2ccccc2)[C@@H]1OC(C)=O. The Bertz CT molecular complexity index is 815. The van der Waals surface area contributed by atoms with E-state index in [1.165, 1.54) is 20.8 Å². The molecule has 2 rings (SSSR count). The average Bonchev–Trinajstić information content (AvgIpc) is 2.74. The molecule has 0 bridgehead atoms. The van der Waals surface area contributed by atoms with Gasteiger partial charge < -0.3 is 33.7 Å². The maximum Gasteiger partial charge on any atom is 0.407 e. The van der Waals surface area contributed by atoms with Crippen LogP contribution in [0.25, 0.3) is 0 Å². The van der Waals surface area contributed by atoms with Crippen LogP contribution in [0.15, 0.2) is 30.3 Å². The number of carbonyl (C=O) groups is 4. The Labute approximate surface area is 191 Å². The lowest BCUT2D eigenvalue weighted by Gasteiger charge is -2.43. The van der Waals surface area contributed by atoms with Crippen LogP contribution in [-0.2, 0) is 49.4 Å². The molecule has 1 N–H and O–H groups in total. The molecule has 1 aromatic rings. The maximum absolute atomic E-state index is 11.9. The van der Waals surface area contributed by atoms with Crippen LogP contribution in [0, 0.1) is 0 Å². The minimum atomic E-state index is -1.20. The normalized spacial score (nSPS) is 24.3. The van der Waals surface area contributed by atoms with Crippen molar-refractivity contribution in [3.8, 4) is 0 Å². The summed E-state index contributed by atoms with van der Waals surface area (Å²) in [5, 5.41) is 2.53. The van der Waals surface area contributed by atoms with Crippen LogP contribution >= 0.6 is 0 Å². The van der Waals surface area contributed by atoms with Crippen molar-refractivity contribution in [3.05, 3.63) is 35.9 Å². The highest BCUT2D eigenvalue weighted by molar-refractivity contribution is 5.68. The number of alkyl carbamates (subject to hydrolysis) is 1. The number of benzene rings is 1. The van der Waals surface area contributed by atoms with Crippen molar-refractivity contribution >= 4 is 24.0 Å². The van der Waals surface area contributed by atoms with Gasteiger partial charge in [0.05, 0.1) is 12.7 Å². The van der Waals surface area contributed by atoms with Crippen molar-refractivity contribution in [3.63, 3.8) is 0 Å². The Morgan fingerprint density at radius 2 is 1.45 bits per heavy atom. The second-order valence-corrected chi connectivity index (χ2v) is 7.29. The molecule has 1 aromatic carbocycles. The fourth-order valence-electron chi connectivity index (χ4n) is 3.21. The number of esters is 3. The molecule has 0 unspecified atom stereocenters. The number of hydrogen-bond acceptors (Lipinski definition) is 10. The third-order valence-corrected chi connectivity index (χ3v) is 4.50. The van der Waals surface area contributed by atoms with Gasteiger partial charge in [-0.05, 0) is 12.5 Å². The van der Waals surface area contributed by atoms with Crippen LogP contribution < -0.4 is 5.32 Å². The zero-order valence-electron chi connectivity index (χ0n) is 19.0. The van der Waals surface area contributed by atoms with E-state index in [-0.39, 0.29) is 19.8 Å². The first-order chi connectivity index (χ1) is 15.7. The minimum absolute atomic E-state index is 0.0272. The van der Waals surface area contributed by atoms with Crippen LogP contribution in [-0.4, -0.2) is 67.9 Å². The standard InChI is InChI=1S/C22H29NO10/c1-13-18(31-14(2)24)19(32-15(3)25)20(33-16(4)26)21(30-13)28-11-10-23-22(27)29-12-17-8-6-5-7-9-17/h5-9,13,18-21H,10-12H2,1-4H3,(H,23,27)/t13-,18-,19+,20+,21+/m0/s1. The molecule has 0 spiro atoms. The molecule has 0 aliphatic carbocycles. The van der Waals surface area contributed by atoms with Gasteiger partial charge >= 0.3 is 24.0 Å². The van der Waals surface area contributed by atoms with E-state index in [4.69, 9.17) is 28.4 Å². The number of hydrogen-bond donors (Lipinski definition) is 1.